The quantitative estimate of drug-likeness (QED) is 0.676. The molecule has 1 unspecified atom stereocenters. The molecule has 0 radical (unpaired) electrons. The monoisotopic (exact) mass is 293 g/mol. The van der Waals surface area contributed by atoms with Crippen molar-refractivity contribution in [3.63, 3.8) is 0 Å². The molecular formula is C17H19N5. The molecule has 22 heavy (non-hydrogen) atoms. The van der Waals surface area contributed by atoms with Gasteiger partial charge in [-0.1, -0.05) is 48.0 Å². The second kappa shape index (κ2) is 6.41. The highest BCUT2D eigenvalue weighted by Gasteiger charge is 2.14. The van der Waals surface area contributed by atoms with Crippen molar-refractivity contribution >= 4 is 5.69 Å². The molecule has 4 N–H and O–H groups in total. The molecule has 5 heteroatoms. The van der Waals surface area contributed by atoms with Gasteiger partial charge in [-0.25, -0.2) is 4.98 Å². The van der Waals surface area contributed by atoms with E-state index in [1.807, 2.05) is 54.6 Å². The van der Waals surface area contributed by atoms with E-state index in [9.17, 15) is 0 Å². The Hall–Kier alpha value is -2.66. The Morgan fingerprint density at radius 2 is 1.82 bits per heavy atom. The summed E-state index contributed by atoms with van der Waals surface area (Å²) in [6.45, 7) is 2.63. The molecule has 1 heterocycles. The summed E-state index contributed by atoms with van der Waals surface area (Å²) in [5.41, 5.74) is 9.48. The predicted octanol–water partition coefficient (Wildman–Crippen LogP) is 2.77. The molecule has 1 atom stereocenters. The van der Waals surface area contributed by atoms with Crippen LogP contribution in [0.15, 0.2) is 54.6 Å². The highest BCUT2D eigenvalue weighted by molar-refractivity contribution is 5.42. The molecule has 0 amide bonds. The molecule has 0 aliphatic rings. The number of aromatic amines is 1. The summed E-state index contributed by atoms with van der Waals surface area (Å²) < 4.78 is 0. The van der Waals surface area contributed by atoms with Gasteiger partial charge >= 0.3 is 0 Å². The van der Waals surface area contributed by atoms with E-state index in [2.05, 4.69) is 27.4 Å². The molecule has 0 spiro atoms. The first-order chi connectivity index (χ1) is 10.7. The van der Waals surface area contributed by atoms with Crippen molar-refractivity contribution in [2.75, 3.05) is 5.32 Å². The fourth-order valence-corrected chi connectivity index (χ4v) is 2.19. The van der Waals surface area contributed by atoms with Crippen LogP contribution in [0.5, 0.6) is 0 Å². The van der Waals surface area contributed by atoms with Gasteiger partial charge in [-0.05, 0) is 24.6 Å². The number of rotatable bonds is 5. The first-order valence-corrected chi connectivity index (χ1v) is 7.24. The van der Waals surface area contributed by atoms with Crippen molar-refractivity contribution in [3.8, 4) is 0 Å². The molecule has 0 saturated heterocycles. The van der Waals surface area contributed by atoms with Crippen LogP contribution >= 0.6 is 0 Å². The molecule has 0 bridgehead atoms. The molecule has 0 saturated carbocycles. The summed E-state index contributed by atoms with van der Waals surface area (Å²) in [7, 11) is 0. The molecule has 0 aliphatic heterocycles. The number of hydrogen-bond acceptors (Lipinski definition) is 4. The molecule has 112 valence electrons. The Labute approximate surface area is 129 Å². The molecule has 5 nitrogen and oxygen atoms in total. The smallest absolute Gasteiger partial charge is 0.171 e. The Bertz CT molecular complexity index is 718. The number of benzene rings is 2. The van der Waals surface area contributed by atoms with Gasteiger partial charge in [-0.15, -0.1) is 0 Å². The maximum absolute atomic E-state index is 6.22. The van der Waals surface area contributed by atoms with Gasteiger partial charge in [0.1, 0.15) is 5.82 Å². The summed E-state index contributed by atoms with van der Waals surface area (Å²) in [5.74, 6) is 1.37. The maximum atomic E-state index is 6.22. The molecule has 0 aliphatic carbocycles. The average molecular weight is 293 g/mol. The fourth-order valence-electron chi connectivity index (χ4n) is 2.19. The van der Waals surface area contributed by atoms with Gasteiger partial charge in [0.25, 0.3) is 0 Å². The maximum Gasteiger partial charge on any atom is 0.171 e. The zero-order chi connectivity index (χ0) is 15.4. The number of aromatic nitrogens is 3. The SMILES string of the molecule is Cc1ccc(C(N)c2n[nH]c(CNc3ccccc3)n2)cc1. The van der Waals surface area contributed by atoms with Crippen LogP contribution < -0.4 is 11.1 Å². The van der Waals surface area contributed by atoms with E-state index in [0.717, 1.165) is 17.1 Å². The topological polar surface area (TPSA) is 79.6 Å². The Kier molecular flexibility index (Phi) is 4.16. The van der Waals surface area contributed by atoms with E-state index in [0.29, 0.717) is 12.4 Å². The van der Waals surface area contributed by atoms with Crippen molar-refractivity contribution < 1.29 is 0 Å². The molecule has 3 aromatic rings. The highest BCUT2D eigenvalue weighted by atomic mass is 15.2. The lowest BCUT2D eigenvalue weighted by atomic mass is 10.1. The number of hydrogen-bond donors (Lipinski definition) is 3. The van der Waals surface area contributed by atoms with Gasteiger partial charge in [0.2, 0.25) is 0 Å². The number of H-pyrrole nitrogens is 1. The molecule has 1 aromatic heterocycles. The van der Waals surface area contributed by atoms with E-state index in [-0.39, 0.29) is 6.04 Å². The minimum absolute atomic E-state index is 0.317. The number of nitrogens with zero attached hydrogens (tertiary/aromatic N) is 2. The van der Waals surface area contributed by atoms with Gasteiger partial charge < -0.3 is 11.1 Å². The lowest BCUT2D eigenvalue weighted by molar-refractivity contribution is 0.786. The van der Waals surface area contributed by atoms with Crippen LogP contribution in [0.4, 0.5) is 5.69 Å². The minimum atomic E-state index is -0.317. The Morgan fingerprint density at radius 3 is 2.55 bits per heavy atom. The molecular weight excluding hydrogens is 274 g/mol. The second-order valence-corrected chi connectivity index (χ2v) is 5.25. The number of aryl methyl sites for hydroxylation is 1. The number of nitrogens with one attached hydrogen (secondary N) is 2. The summed E-state index contributed by atoms with van der Waals surface area (Å²) in [6.07, 6.45) is 0. The van der Waals surface area contributed by atoms with Crippen molar-refractivity contribution in [2.45, 2.75) is 19.5 Å². The van der Waals surface area contributed by atoms with Gasteiger partial charge in [-0.2, -0.15) is 5.10 Å². The third-order valence-corrected chi connectivity index (χ3v) is 3.50. The van der Waals surface area contributed by atoms with Crippen molar-refractivity contribution in [1.29, 1.82) is 0 Å². The van der Waals surface area contributed by atoms with E-state index in [4.69, 9.17) is 5.73 Å². The summed E-state index contributed by atoms with van der Waals surface area (Å²) in [6, 6.07) is 17.8. The molecule has 0 fully saturated rings. The number of anilines is 1. The van der Waals surface area contributed by atoms with Gasteiger partial charge in [0.05, 0.1) is 12.6 Å². The van der Waals surface area contributed by atoms with Gasteiger partial charge in [0, 0.05) is 5.69 Å². The van der Waals surface area contributed by atoms with Crippen LogP contribution in [-0.2, 0) is 6.54 Å². The standard InChI is InChI=1S/C17H19N5/c1-12-7-9-13(10-8-12)16(18)17-20-15(21-22-17)11-19-14-5-3-2-4-6-14/h2-10,16,19H,11,18H2,1H3,(H,20,21,22). The normalized spacial score (nSPS) is 12.1. The minimum Gasteiger partial charge on any atom is -0.378 e. The van der Waals surface area contributed by atoms with Crippen LogP contribution in [0.1, 0.15) is 28.8 Å². The third-order valence-electron chi connectivity index (χ3n) is 3.50. The number of para-hydroxylation sites is 1. The summed E-state index contributed by atoms with van der Waals surface area (Å²) >= 11 is 0. The summed E-state index contributed by atoms with van der Waals surface area (Å²) in [4.78, 5) is 4.47. The van der Waals surface area contributed by atoms with Crippen LogP contribution in [-0.4, -0.2) is 15.2 Å². The average Bonchev–Trinajstić information content (AvgIpc) is 3.03. The lowest BCUT2D eigenvalue weighted by Gasteiger charge is -2.08. The zero-order valence-corrected chi connectivity index (χ0v) is 12.5. The largest absolute Gasteiger partial charge is 0.378 e. The van der Waals surface area contributed by atoms with E-state index in [1.165, 1.54) is 5.56 Å². The van der Waals surface area contributed by atoms with Gasteiger partial charge in [0.15, 0.2) is 5.82 Å². The van der Waals surface area contributed by atoms with Crippen LogP contribution in [0.25, 0.3) is 0 Å². The Morgan fingerprint density at radius 1 is 1.09 bits per heavy atom. The highest BCUT2D eigenvalue weighted by Crippen LogP contribution is 2.17. The van der Waals surface area contributed by atoms with Crippen molar-refractivity contribution in [3.05, 3.63) is 77.4 Å². The van der Waals surface area contributed by atoms with Crippen LogP contribution in [0.2, 0.25) is 0 Å². The molecule has 3 rings (SSSR count). The van der Waals surface area contributed by atoms with E-state index >= 15 is 0 Å². The third kappa shape index (κ3) is 3.32. The first-order valence-electron chi connectivity index (χ1n) is 7.24. The molecule has 2 aromatic carbocycles. The summed E-state index contributed by atoms with van der Waals surface area (Å²) in [5, 5.41) is 10.4. The lowest BCUT2D eigenvalue weighted by Crippen LogP contribution is -2.13. The second-order valence-electron chi connectivity index (χ2n) is 5.25. The van der Waals surface area contributed by atoms with Gasteiger partial charge in [-0.3, -0.25) is 5.10 Å². The van der Waals surface area contributed by atoms with Crippen molar-refractivity contribution in [2.24, 2.45) is 5.73 Å². The fraction of sp³-hybridized carbons (Fsp3) is 0.176. The van der Waals surface area contributed by atoms with Crippen LogP contribution in [0, 0.1) is 6.92 Å². The first kappa shape index (κ1) is 14.3. The number of nitrogens with two attached hydrogens (primary N) is 1. The van der Waals surface area contributed by atoms with E-state index in [1.54, 1.807) is 0 Å². The predicted molar refractivity (Wildman–Crippen MR) is 87.4 cm³/mol. The zero-order valence-electron chi connectivity index (χ0n) is 12.5. The van der Waals surface area contributed by atoms with Crippen LogP contribution in [0.3, 0.4) is 0 Å². The Balaban J connectivity index is 1.66. The van der Waals surface area contributed by atoms with Crippen molar-refractivity contribution in [1.82, 2.24) is 15.2 Å². The van der Waals surface area contributed by atoms with E-state index < -0.39 is 0 Å².